The number of piperazine rings is 1. The summed E-state index contributed by atoms with van der Waals surface area (Å²) >= 11 is 0. The summed E-state index contributed by atoms with van der Waals surface area (Å²) in [6.45, 7) is 4.42. The van der Waals surface area contributed by atoms with E-state index in [9.17, 15) is 9.90 Å². The molecule has 4 N–H and O–H groups in total. The van der Waals surface area contributed by atoms with Crippen LogP contribution in [-0.2, 0) is 0 Å². The molecule has 0 bridgehead atoms. The van der Waals surface area contributed by atoms with Crippen molar-refractivity contribution in [3.63, 3.8) is 0 Å². The summed E-state index contributed by atoms with van der Waals surface area (Å²) in [5.41, 5.74) is 5.93. The number of nitrogens with zero attached hydrogens (tertiary/aromatic N) is 2. The van der Waals surface area contributed by atoms with E-state index < -0.39 is 12.1 Å². The minimum absolute atomic E-state index is 0.163. The highest BCUT2D eigenvalue weighted by molar-refractivity contribution is 5.92. The first kappa shape index (κ1) is 13.0. The smallest absolute Gasteiger partial charge is 0.275 e. The van der Waals surface area contributed by atoms with Gasteiger partial charge in [-0.05, 0) is 6.92 Å². The molecule has 1 aromatic heterocycles. The van der Waals surface area contributed by atoms with Crippen LogP contribution < -0.4 is 11.1 Å². The van der Waals surface area contributed by atoms with Crippen LogP contribution in [0.2, 0.25) is 0 Å². The predicted molar refractivity (Wildman–Crippen MR) is 63.9 cm³/mol. The molecule has 0 radical (unpaired) electrons. The number of amides is 1. The first-order valence-corrected chi connectivity index (χ1v) is 5.98. The summed E-state index contributed by atoms with van der Waals surface area (Å²) in [7, 11) is 0. The Balaban J connectivity index is 2.07. The maximum Gasteiger partial charge on any atom is 0.275 e. The molecule has 2 atom stereocenters. The van der Waals surface area contributed by atoms with Crippen LogP contribution >= 0.6 is 0 Å². The molecule has 18 heavy (non-hydrogen) atoms. The molecule has 1 amide bonds. The van der Waals surface area contributed by atoms with E-state index in [1.54, 1.807) is 11.8 Å². The summed E-state index contributed by atoms with van der Waals surface area (Å²) in [6.07, 6.45) is 0.521. The molecule has 0 aromatic carbocycles. The highest BCUT2D eigenvalue weighted by atomic mass is 16.3. The highest BCUT2D eigenvalue weighted by Crippen LogP contribution is 2.14. The Morgan fingerprint density at radius 3 is 2.89 bits per heavy atom. The van der Waals surface area contributed by atoms with Crippen LogP contribution in [0.1, 0.15) is 29.3 Å². The van der Waals surface area contributed by atoms with Crippen LogP contribution in [-0.4, -0.2) is 53.2 Å². The van der Waals surface area contributed by atoms with Gasteiger partial charge in [-0.1, -0.05) is 0 Å². The molecule has 100 valence electrons. The van der Waals surface area contributed by atoms with Gasteiger partial charge in [0.2, 0.25) is 5.89 Å². The van der Waals surface area contributed by atoms with Gasteiger partial charge in [0.05, 0.1) is 6.10 Å². The number of hydrogen-bond donors (Lipinski definition) is 3. The molecule has 7 nitrogen and oxygen atoms in total. The fourth-order valence-electron chi connectivity index (χ4n) is 1.78. The lowest BCUT2D eigenvalue weighted by atomic mass is 10.2. The van der Waals surface area contributed by atoms with E-state index in [0.717, 1.165) is 13.1 Å². The van der Waals surface area contributed by atoms with E-state index in [-0.39, 0.29) is 17.5 Å². The van der Waals surface area contributed by atoms with E-state index >= 15 is 0 Å². The van der Waals surface area contributed by atoms with E-state index in [1.807, 2.05) is 0 Å². The molecule has 2 unspecified atom stereocenters. The SMILES string of the molecule is CC(O)C(N)c1nc(C(=O)N2CCNCC2)co1. The number of oxazole rings is 1. The average molecular weight is 254 g/mol. The van der Waals surface area contributed by atoms with Crippen molar-refractivity contribution in [3.8, 4) is 0 Å². The van der Waals surface area contributed by atoms with Crippen molar-refractivity contribution in [1.29, 1.82) is 0 Å². The third-order valence-electron chi connectivity index (χ3n) is 2.95. The van der Waals surface area contributed by atoms with Gasteiger partial charge in [-0.25, -0.2) is 4.98 Å². The van der Waals surface area contributed by atoms with Gasteiger partial charge in [0.15, 0.2) is 5.69 Å². The fraction of sp³-hybridized carbons (Fsp3) is 0.636. The average Bonchev–Trinajstić information content (AvgIpc) is 2.87. The lowest BCUT2D eigenvalue weighted by Gasteiger charge is -2.26. The second-order valence-corrected chi connectivity index (χ2v) is 4.38. The van der Waals surface area contributed by atoms with Gasteiger partial charge < -0.3 is 25.5 Å². The number of nitrogens with two attached hydrogens (primary N) is 1. The number of aliphatic hydroxyl groups is 1. The maximum atomic E-state index is 12.1. The standard InChI is InChI=1S/C11H18N4O3/c1-7(16)9(12)10-14-8(6-18-10)11(17)15-4-2-13-3-5-15/h6-7,9,13,16H,2-5,12H2,1H3. The Kier molecular flexibility index (Phi) is 3.95. The van der Waals surface area contributed by atoms with Crippen LogP contribution in [0.25, 0.3) is 0 Å². The Bertz CT molecular complexity index is 412. The third-order valence-corrected chi connectivity index (χ3v) is 2.95. The van der Waals surface area contributed by atoms with E-state index in [0.29, 0.717) is 13.1 Å². The normalized spacial score (nSPS) is 19.6. The van der Waals surface area contributed by atoms with Gasteiger partial charge in [0.1, 0.15) is 12.3 Å². The van der Waals surface area contributed by atoms with Crippen LogP contribution in [0.5, 0.6) is 0 Å². The Morgan fingerprint density at radius 2 is 2.28 bits per heavy atom. The molecule has 7 heteroatoms. The van der Waals surface area contributed by atoms with Gasteiger partial charge in [0.25, 0.3) is 5.91 Å². The topological polar surface area (TPSA) is 105 Å². The second kappa shape index (κ2) is 5.47. The van der Waals surface area contributed by atoms with Crippen molar-refractivity contribution in [3.05, 3.63) is 17.8 Å². The maximum absolute atomic E-state index is 12.1. The third kappa shape index (κ3) is 2.69. The summed E-state index contributed by atoms with van der Waals surface area (Å²) in [5.74, 6) is 0.0211. The molecule has 0 spiro atoms. The number of aliphatic hydroxyl groups excluding tert-OH is 1. The highest BCUT2D eigenvalue weighted by Gasteiger charge is 2.24. The fourth-order valence-corrected chi connectivity index (χ4v) is 1.78. The summed E-state index contributed by atoms with van der Waals surface area (Å²) < 4.78 is 5.14. The quantitative estimate of drug-likeness (QED) is 0.645. The van der Waals surface area contributed by atoms with Gasteiger partial charge in [-0.15, -0.1) is 0 Å². The van der Waals surface area contributed by atoms with Gasteiger partial charge in [0, 0.05) is 26.2 Å². The molecule has 0 aliphatic carbocycles. The van der Waals surface area contributed by atoms with Gasteiger partial charge in [-0.2, -0.15) is 0 Å². The molecule has 1 saturated heterocycles. The number of aromatic nitrogens is 1. The molecule has 1 aliphatic rings. The summed E-state index contributed by atoms with van der Waals surface area (Å²) in [6, 6.07) is -0.713. The molecule has 0 saturated carbocycles. The Labute approximate surface area is 105 Å². The number of nitrogens with one attached hydrogen (secondary N) is 1. The molecule has 1 aromatic rings. The molecule has 2 heterocycles. The molecule has 1 aliphatic heterocycles. The van der Waals surface area contributed by atoms with Crippen molar-refractivity contribution in [2.45, 2.75) is 19.1 Å². The number of hydrogen-bond acceptors (Lipinski definition) is 6. The second-order valence-electron chi connectivity index (χ2n) is 4.38. The Hall–Kier alpha value is -1.44. The van der Waals surface area contributed by atoms with E-state index in [2.05, 4.69) is 10.3 Å². The molecular weight excluding hydrogens is 236 g/mol. The minimum Gasteiger partial charge on any atom is -0.446 e. The van der Waals surface area contributed by atoms with Crippen molar-refractivity contribution in [1.82, 2.24) is 15.2 Å². The number of rotatable bonds is 3. The number of carbonyl (C=O) groups is 1. The van der Waals surface area contributed by atoms with Crippen LogP contribution in [0.15, 0.2) is 10.7 Å². The van der Waals surface area contributed by atoms with E-state index in [4.69, 9.17) is 10.2 Å². The molecule has 1 fully saturated rings. The molecule has 2 rings (SSSR count). The minimum atomic E-state index is -0.772. The van der Waals surface area contributed by atoms with Crippen LogP contribution in [0.3, 0.4) is 0 Å². The van der Waals surface area contributed by atoms with Crippen molar-refractivity contribution in [2.24, 2.45) is 5.73 Å². The summed E-state index contributed by atoms with van der Waals surface area (Å²) in [4.78, 5) is 17.8. The van der Waals surface area contributed by atoms with Crippen LogP contribution in [0, 0.1) is 0 Å². The van der Waals surface area contributed by atoms with Crippen molar-refractivity contribution >= 4 is 5.91 Å². The van der Waals surface area contributed by atoms with Crippen molar-refractivity contribution < 1.29 is 14.3 Å². The van der Waals surface area contributed by atoms with Gasteiger partial charge >= 0.3 is 0 Å². The zero-order valence-electron chi connectivity index (χ0n) is 10.3. The largest absolute Gasteiger partial charge is 0.446 e. The zero-order valence-corrected chi connectivity index (χ0v) is 10.3. The number of carbonyl (C=O) groups excluding carboxylic acids is 1. The Morgan fingerprint density at radius 1 is 1.61 bits per heavy atom. The van der Waals surface area contributed by atoms with Gasteiger partial charge in [-0.3, -0.25) is 4.79 Å². The first-order valence-electron chi connectivity index (χ1n) is 5.98. The van der Waals surface area contributed by atoms with Crippen molar-refractivity contribution in [2.75, 3.05) is 26.2 Å². The van der Waals surface area contributed by atoms with E-state index in [1.165, 1.54) is 6.26 Å². The lowest BCUT2D eigenvalue weighted by molar-refractivity contribution is 0.0729. The summed E-state index contributed by atoms with van der Waals surface area (Å²) in [5, 5.41) is 12.5. The first-order chi connectivity index (χ1) is 8.59. The monoisotopic (exact) mass is 254 g/mol. The van der Waals surface area contributed by atoms with Crippen LogP contribution in [0.4, 0.5) is 0 Å². The lowest BCUT2D eigenvalue weighted by Crippen LogP contribution is -2.46. The molecular formula is C11H18N4O3. The predicted octanol–water partition coefficient (Wildman–Crippen LogP) is -0.899. The zero-order chi connectivity index (χ0) is 13.1.